The van der Waals surface area contributed by atoms with Crippen LogP contribution in [0.4, 0.5) is 16.2 Å². The van der Waals surface area contributed by atoms with Crippen LogP contribution in [0.25, 0.3) is 10.8 Å². The molecule has 0 bridgehead atoms. The summed E-state index contributed by atoms with van der Waals surface area (Å²) in [5.41, 5.74) is 7.36. The van der Waals surface area contributed by atoms with E-state index in [4.69, 9.17) is 5.73 Å². The number of rotatable bonds is 5. The summed E-state index contributed by atoms with van der Waals surface area (Å²) >= 11 is 0. The normalized spacial score (nSPS) is 10.4. The van der Waals surface area contributed by atoms with E-state index in [1.807, 2.05) is 54.6 Å². The molecule has 0 heterocycles. The van der Waals surface area contributed by atoms with Gasteiger partial charge in [0.15, 0.2) is 0 Å². The van der Waals surface area contributed by atoms with Gasteiger partial charge in [-0.05, 0) is 23.6 Å². The lowest BCUT2D eigenvalue weighted by atomic mass is 10.1. The van der Waals surface area contributed by atoms with E-state index < -0.39 is 6.03 Å². The zero-order valence-electron chi connectivity index (χ0n) is 12.8. The van der Waals surface area contributed by atoms with Crippen molar-refractivity contribution < 1.29 is 4.79 Å². The largest absolute Gasteiger partial charge is 0.383 e. The predicted molar refractivity (Wildman–Crippen MR) is 95.8 cm³/mol. The number of hydrogen-bond donors (Lipinski definition) is 2. The number of carbonyl (C=O) groups is 1. The van der Waals surface area contributed by atoms with E-state index in [-0.39, 0.29) is 0 Å². The Kier molecular flexibility index (Phi) is 4.43. The summed E-state index contributed by atoms with van der Waals surface area (Å²) in [5.74, 6) is 0. The molecule has 0 radical (unpaired) electrons. The number of amides is 2. The van der Waals surface area contributed by atoms with E-state index >= 15 is 0 Å². The van der Waals surface area contributed by atoms with Crippen LogP contribution in [0.3, 0.4) is 0 Å². The lowest BCUT2D eigenvalue weighted by molar-refractivity contribution is 0.254. The molecular weight excluding hydrogens is 286 g/mol. The standard InChI is InChI=1S/C19H19N3O/c20-19(23)22(16-9-2-1-3-10-16)14-13-21-18-12-6-8-15-7-4-5-11-17(15)18/h1-12,21H,13-14H2,(H2,20,23). The van der Waals surface area contributed by atoms with Gasteiger partial charge in [0.25, 0.3) is 0 Å². The molecule has 3 rings (SSSR count). The van der Waals surface area contributed by atoms with Gasteiger partial charge in [-0.25, -0.2) is 4.79 Å². The summed E-state index contributed by atoms with van der Waals surface area (Å²) < 4.78 is 0. The van der Waals surface area contributed by atoms with Gasteiger partial charge in [-0.2, -0.15) is 0 Å². The molecule has 0 aliphatic rings. The third-order valence-corrected chi connectivity index (χ3v) is 3.77. The molecule has 3 aromatic carbocycles. The van der Waals surface area contributed by atoms with E-state index in [0.717, 1.165) is 11.4 Å². The second-order valence-electron chi connectivity index (χ2n) is 5.28. The van der Waals surface area contributed by atoms with Crippen LogP contribution >= 0.6 is 0 Å². The number of nitrogens with zero attached hydrogens (tertiary/aromatic N) is 1. The Balaban J connectivity index is 1.71. The van der Waals surface area contributed by atoms with Crippen LogP contribution in [-0.2, 0) is 0 Å². The van der Waals surface area contributed by atoms with Gasteiger partial charge >= 0.3 is 6.03 Å². The van der Waals surface area contributed by atoms with Crippen molar-refractivity contribution in [3.05, 3.63) is 72.8 Å². The topological polar surface area (TPSA) is 58.4 Å². The van der Waals surface area contributed by atoms with E-state index in [0.29, 0.717) is 13.1 Å². The predicted octanol–water partition coefficient (Wildman–Crippen LogP) is 3.84. The summed E-state index contributed by atoms with van der Waals surface area (Å²) in [6, 6.07) is 23.4. The number of nitrogens with one attached hydrogen (secondary N) is 1. The van der Waals surface area contributed by atoms with Crippen molar-refractivity contribution in [1.82, 2.24) is 0 Å². The van der Waals surface area contributed by atoms with Crippen molar-refractivity contribution in [2.24, 2.45) is 5.73 Å². The Hall–Kier alpha value is -3.01. The first kappa shape index (κ1) is 14.9. The summed E-state index contributed by atoms with van der Waals surface area (Å²) in [4.78, 5) is 13.2. The molecule has 3 aromatic rings. The molecule has 0 aliphatic heterocycles. The highest BCUT2D eigenvalue weighted by molar-refractivity contribution is 5.94. The number of nitrogens with two attached hydrogens (primary N) is 1. The molecule has 2 amide bonds. The van der Waals surface area contributed by atoms with Crippen molar-refractivity contribution in [3.63, 3.8) is 0 Å². The molecule has 0 unspecified atom stereocenters. The van der Waals surface area contributed by atoms with Crippen molar-refractivity contribution in [2.75, 3.05) is 23.3 Å². The Morgan fingerprint density at radius 3 is 2.39 bits per heavy atom. The van der Waals surface area contributed by atoms with Gasteiger partial charge in [0.05, 0.1) is 0 Å². The zero-order chi connectivity index (χ0) is 16.1. The number of benzene rings is 3. The van der Waals surface area contributed by atoms with Crippen LogP contribution in [0.2, 0.25) is 0 Å². The fourth-order valence-corrected chi connectivity index (χ4v) is 2.66. The van der Waals surface area contributed by atoms with E-state index in [2.05, 4.69) is 23.5 Å². The van der Waals surface area contributed by atoms with E-state index in [9.17, 15) is 4.79 Å². The maximum Gasteiger partial charge on any atom is 0.319 e. The molecule has 0 saturated carbocycles. The Morgan fingerprint density at radius 1 is 0.913 bits per heavy atom. The molecule has 0 saturated heterocycles. The van der Waals surface area contributed by atoms with Crippen LogP contribution in [0.15, 0.2) is 72.8 Å². The highest BCUT2D eigenvalue weighted by Gasteiger charge is 2.11. The quantitative estimate of drug-likeness (QED) is 0.752. The number of para-hydroxylation sites is 1. The van der Waals surface area contributed by atoms with Crippen LogP contribution < -0.4 is 16.0 Å². The Bertz CT molecular complexity index is 797. The molecule has 4 nitrogen and oxygen atoms in total. The van der Waals surface area contributed by atoms with Gasteiger partial charge in [-0.15, -0.1) is 0 Å². The number of hydrogen-bond acceptors (Lipinski definition) is 2. The number of anilines is 2. The van der Waals surface area contributed by atoms with Crippen LogP contribution in [0, 0.1) is 0 Å². The SMILES string of the molecule is NC(=O)N(CCNc1cccc2ccccc12)c1ccccc1. The minimum absolute atomic E-state index is 0.448. The van der Waals surface area contributed by atoms with Crippen molar-refractivity contribution >= 4 is 28.2 Å². The fourth-order valence-electron chi connectivity index (χ4n) is 2.66. The van der Waals surface area contributed by atoms with E-state index in [1.165, 1.54) is 10.8 Å². The average Bonchev–Trinajstić information content (AvgIpc) is 2.59. The first-order valence-corrected chi connectivity index (χ1v) is 7.59. The molecule has 3 N–H and O–H groups in total. The van der Waals surface area contributed by atoms with Crippen molar-refractivity contribution in [1.29, 1.82) is 0 Å². The minimum atomic E-state index is -0.448. The molecule has 4 heteroatoms. The first-order chi connectivity index (χ1) is 11.3. The van der Waals surface area contributed by atoms with Gasteiger partial charge < -0.3 is 11.1 Å². The monoisotopic (exact) mass is 305 g/mol. The molecule has 0 aromatic heterocycles. The Labute approximate surface area is 135 Å². The van der Waals surface area contributed by atoms with Crippen molar-refractivity contribution in [3.8, 4) is 0 Å². The lowest BCUT2D eigenvalue weighted by Crippen LogP contribution is -2.39. The van der Waals surface area contributed by atoms with Crippen LogP contribution in [0.1, 0.15) is 0 Å². The number of primary amides is 1. The average molecular weight is 305 g/mol. The van der Waals surface area contributed by atoms with Gasteiger partial charge in [-0.1, -0.05) is 54.6 Å². The molecule has 0 fully saturated rings. The molecule has 0 atom stereocenters. The number of fused-ring (bicyclic) bond motifs is 1. The van der Waals surface area contributed by atoms with Gasteiger partial charge in [0.1, 0.15) is 0 Å². The first-order valence-electron chi connectivity index (χ1n) is 7.59. The lowest BCUT2D eigenvalue weighted by Gasteiger charge is -2.21. The molecular formula is C19H19N3O. The van der Waals surface area contributed by atoms with E-state index in [1.54, 1.807) is 4.90 Å². The summed E-state index contributed by atoms with van der Waals surface area (Å²) in [6.07, 6.45) is 0. The Morgan fingerprint density at radius 2 is 1.61 bits per heavy atom. The van der Waals surface area contributed by atoms with Gasteiger partial charge in [-0.3, -0.25) is 4.90 Å². The summed E-state index contributed by atoms with van der Waals surface area (Å²) in [6.45, 7) is 1.12. The van der Waals surface area contributed by atoms with Gasteiger partial charge in [0, 0.05) is 29.9 Å². The van der Waals surface area contributed by atoms with Gasteiger partial charge in [0.2, 0.25) is 0 Å². The molecule has 0 spiro atoms. The number of carbonyl (C=O) groups excluding carboxylic acids is 1. The van der Waals surface area contributed by atoms with Crippen LogP contribution in [-0.4, -0.2) is 19.1 Å². The maximum atomic E-state index is 11.7. The maximum absolute atomic E-state index is 11.7. The smallest absolute Gasteiger partial charge is 0.319 e. The molecule has 116 valence electrons. The number of urea groups is 1. The summed E-state index contributed by atoms with van der Waals surface area (Å²) in [7, 11) is 0. The molecule has 23 heavy (non-hydrogen) atoms. The zero-order valence-corrected chi connectivity index (χ0v) is 12.8. The highest BCUT2D eigenvalue weighted by Crippen LogP contribution is 2.22. The minimum Gasteiger partial charge on any atom is -0.383 e. The van der Waals surface area contributed by atoms with Crippen LogP contribution in [0.5, 0.6) is 0 Å². The summed E-state index contributed by atoms with van der Waals surface area (Å²) in [5, 5.41) is 5.75. The van der Waals surface area contributed by atoms with Crippen molar-refractivity contribution in [2.45, 2.75) is 0 Å². The highest BCUT2D eigenvalue weighted by atomic mass is 16.2. The molecule has 0 aliphatic carbocycles. The second kappa shape index (κ2) is 6.83. The second-order valence-corrected chi connectivity index (χ2v) is 5.28. The third kappa shape index (κ3) is 3.43. The third-order valence-electron chi connectivity index (χ3n) is 3.77. The fraction of sp³-hybridized carbons (Fsp3) is 0.105.